The third kappa shape index (κ3) is 3.63. The van der Waals surface area contributed by atoms with Gasteiger partial charge < -0.3 is 0 Å². The molecular weight excluding hydrogens is 459 g/mol. The number of hydrogen-bond donors (Lipinski definition) is 0. The van der Waals surface area contributed by atoms with E-state index < -0.39 is 21.8 Å². The maximum Gasteiger partial charge on any atom is 0.416 e. The summed E-state index contributed by atoms with van der Waals surface area (Å²) in [6.45, 7) is 0. The number of hydrogen-bond acceptors (Lipinski definition) is 5. The average molecular weight is 472 g/mol. The highest BCUT2D eigenvalue weighted by molar-refractivity contribution is 7.98. The second-order valence-electron chi connectivity index (χ2n) is 6.44. The van der Waals surface area contributed by atoms with Crippen LogP contribution in [0.4, 0.5) is 18.9 Å². The largest absolute Gasteiger partial charge is 0.416 e. The highest BCUT2D eigenvalue weighted by atomic mass is 35.5. The monoisotopic (exact) mass is 471 g/mol. The topological polar surface area (TPSA) is 63.2 Å². The summed E-state index contributed by atoms with van der Waals surface area (Å²) in [7, 11) is -2.46. The summed E-state index contributed by atoms with van der Waals surface area (Å²) in [5.41, 5.74) is 0.482. The van der Waals surface area contributed by atoms with E-state index in [1.54, 1.807) is 12.1 Å². The van der Waals surface area contributed by atoms with Gasteiger partial charge in [0.25, 0.3) is 10.0 Å². The van der Waals surface area contributed by atoms with Gasteiger partial charge in [-0.3, -0.25) is 4.31 Å². The Morgan fingerprint density at radius 2 is 1.90 bits per heavy atom. The molecular formula is C19H13ClF3N3O2S2. The van der Waals surface area contributed by atoms with Crippen LogP contribution in [0.1, 0.15) is 11.1 Å². The Balaban J connectivity index is 1.72. The summed E-state index contributed by atoms with van der Waals surface area (Å²) >= 11 is 7.01. The maximum absolute atomic E-state index is 13.2. The van der Waals surface area contributed by atoms with Crippen LogP contribution in [0.3, 0.4) is 0 Å². The fraction of sp³-hybridized carbons (Fsp3) is 0.158. The summed E-state index contributed by atoms with van der Waals surface area (Å²) in [5.74, 6) is -0.0192. The van der Waals surface area contributed by atoms with Crippen molar-refractivity contribution >= 4 is 39.1 Å². The number of halogens is 4. The van der Waals surface area contributed by atoms with Crippen molar-refractivity contribution in [1.82, 2.24) is 9.97 Å². The first-order valence-electron chi connectivity index (χ1n) is 8.53. The molecule has 0 saturated heterocycles. The zero-order chi connectivity index (χ0) is 21.7. The van der Waals surface area contributed by atoms with Gasteiger partial charge in [-0.25, -0.2) is 18.4 Å². The van der Waals surface area contributed by atoms with E-state index in [0.29, 0.717) is 16.3 Å². The van der Waals surface area contributed by atoms with Gasteiger partial charge in [0.2, 0.25) is 0 Å². The number of anilines is 1. The van der Waals surface area contributed by atoms with Crippen LogP contribution in [0.25, 0.3) is 11.3 Å². The molecule has 156 valence electrons. The van der Waals surface area contributed by atoms with Gasteiger partial charge in [0.1, 0.15) is 4.90 Å². The zero-order valence-corrected chi connectivity index (χ0v) is 17.7. The van der Waals surface area contributed by atoms with Gasteiger partial charge in [-0.05, 0) is 29.8 Å². The van der Waals surface area contributed by atoms with Crippen LogP contribution in [-0.2, 0) is 22.0 Å². The molecule has 0 saturated carbocycles. The van der Waals surface area contributed by atoms with Gasteiger partial charge >= 0.3 is 6.18 Å². The molecule has 0 unspecified atom stereocenters. The summed E-state index contributed by atoms with van der Waals surface area (Å²) in [4.78, 5) is 8.33. The molecule has 5 nitrogen and oxygen atoms in total. The number of rotatable bonds is 3. The SMILES string of the molecule is CN1c2cc(Cl)ccc2-c2nc(SCc3ccccc3C(F)(F)F)ncc2S1(=O)=O. The van der Waals surface area contributed by atoms with Crippen LogP contribution in [-0.4, -0.2) is 25.4 Å². The van der Waals surface area contributed by atoms with Crippen LogP contribution in [0.5, 0.6) is 0 Å². The van der Waals surface area contributed by atoms with Crippen LogP contribution >= 0.6 is 23.4 Å². The first-order valence-corrected chi connectivity index (χ1v) is 11.3. The number of fused-ring (bicyclic) bond motifs is 3. The number of thioether (sulfide) groups is 1. The molecule has 0 fully saturated rings. The Labute approximate surface area is 180 Å². The van der Waals surface area contributed by atoms with Crippen molar-refractivity contribution in [2.75, 3.05) is 11.4 Å². The summed E-state index contributed by atoms with van der Waals surface area (Å²) in [6.07, 6.45) is -3.28. The quantitative estimate of drug-likeness (QED) is 0.386. The van der Waals surface area contributed by atoms with E-state index in [1.807, 2.05) is 0 Å². The van der Waals surface area contributed by atoms with E-state index in [2.05, 4.69) is 9.97 Å². The Morgan fingerprint density at radius 3 is 2.63 bits per heavy atom. The number of sulfonamides is 1. The molecule has 0 aliphatic carbocycles. The minimum Gasteiger partial charge on any atom is -0.269 e. The summed E-state index contributed by atoms with van der Waals surface area (Å²) in [6, 6.07) is 10.1. The standard InChI is InChI=1S/C19H13ClF3N3O2S2/c1-26-15-8-12(20)6-7-13(15)17-16(30(26,27)28)9-24-18(25-17)29-10-11-4-2-3-5-14(11)19(21,22)23/h2-9H,10H2,1H3. The van der Waals surface area contributed by atoms with Gasteiger partial charge in [-0.15, -0.1) is 0 Å². The lowest BCUT2D eigenvalue weighted by molar-refractivity contribution is -0.138. The minimum atomic E-state index is -4.47. The molecule has 30 heavy (non-hydrogen) atoms. The van der Waals surface area contributed by atoms with Gasteiger partial charge in [0.15, 0.2) is 5.16 Å². The molecule has 1 aliphatic heterocycles. The van der Waals surface area contributed by atoms with Gasteiger partial charge in [0.05, 0.1) is 23.1 Å². The summed E-state index contributed by atoms with van der Waals surface area (Å²) in [5, 5.41) is 0.540. The normalized spacial score (nSPS) is 14.9. The van der Waals surface area contributed by atoms with Crippen molar-refractivity contribution < 1.29 is 21.6 Å². The van der Waals surface area contributed by atoms with Gasteiger partial charge in [-0.1, -0.05) is 41.6 Å². The second-order valence-corrected chi connectivity index (χ2v) is 9.76. The molecule has 0 bridgehead atoms. The molecule has 11 heteroatoms. The highest BCUT2D eigenvalue weighted by Crippen LogP contribution is 2.43. The van der Waals surface area contributed by atoms with Gasteiger partial charge in [-0.2, -0.15) is 13.2 Å². The van der Waals surface area contributed by atoms with Crippen molar-refractivity contribution in [3.05, 3.63) is 64.8 Å². The lowest BCUT2D eigenvalue weighted by Crippen LogP contribution is -2.31. The van der Waals surface area contributed by atoms with E-state index in [-0.39, 0.29) is 27.1 Å². The Morgan fingerprint density at radius 1 is 1.17 bits per heavy atom. The lowest BCUT2D eigenvalue weighted by Gasteiger charge is -2.28. The molecule has 0 radical (unpaired) electrons. The molecule has 0 amide bonds. The fourth-order valence-electron chi connectivity index (χ4n) is 3.11. The third-order valence-electron chi connectivity index (χ3n) is 4.61. The van der Waals surface area contributed by atoms with E-state index in [0.717, 1.165) is 22.1 Å². The highest BCUT2D eigenvalue weighted by Gasteiger charge is 2.35. The van der Waals surface area contributed by atoms with Crippen molar-refractivity contribution in [1.29, 1.82) is 0 Å². The van der Waals surface area contributed by atoms with E-state index >= 15 is 0 Å². The first kappa shape index (κ1) is 21.0. The third-order valence-corrected chi connectivity index (χ3v) is 7.52. The van der Waals surface area contributed by atoms with Gasteiger partial charge in [0, 0.05) is 23.4 Å². The minimum absolute atomic E-state index is 0.0192. The van der Waals surface area contributed by atoms with Crippen molar-refractivity contribution in [3.63, 3.8) is 0 Å². The van der Waals surface area contributed by atoms with Crippen LogP contribution in [0, 0.1) is 0 Å². The second kappa shape index (κ2) is 7.44. The van der Waals surface area contributed by atoms with Crippen LogP contribution in [0.15, 0.2) is 58.7 Å². The molecule has 2 aromatic carbocycles. The van der Waals surface area contributed by atoms with Crippen molar-refractivity contribution in [2.24, 2.45) is 0 Å². The predicted octanol–water partition coefficient (Wildman–Crippen LogP) is 5.25. The molecule has 1 aromatic heterocycles. The maximum atomic E-state index is 13.2. The number of nitrogens with zero attached hydrogens (tertiary/aromatic N) is 3. The number of benzene rings is 2. The van der Waals surface area contributed by atoms with E-state index in [9.17, 15) is 21.6 Å². The molecule has 1 aliphatic rings. The average Bonchev–Trinajstić information content (AvgIpc) is 2.70. The molecule has 0 spiro atoms. The molecule has 0 N–H and O–H groups in total. The van der Waals surface area contributed by atoms with Crippen LogP contribution in [0.2, 0.25) is 5.02 Å². The molecule has 4 rings (SSSR count). The number of aromatic nitrogens is 2. The lowest BCUT2D eigenvalue weighted by atomic mass is 10.1. The zero-order valence-electron chi connectivity index (χ0n) is 15.3. The number of alkyl halides is 3. The first-order chi connectivity index (χ1) is 14.1. The predicted molar refractivity (Wildman–Crippen MR) is 109 cm³/mol. The molecule has 3 aromatic rings. The van der Waals surface area contributed by atoms with E-state index in [4.69, 9.17) is 11.6 Å². The summed E-state index contributed by atoms with van der Waals surface area (Å²) < 4.78 is 66.3. The molecule has 2 heterocycles. The Hall–Kier alpha value is -2.30. The Bertz CT molecular complexity index is 1250. The van der Waals surface area contributed by atoms with Crippen molar-refractivity contribution in [3.8, 4) is 11.3 Å². The van der Waals surface area contributed by atoms with Crippen molar-refractivity contribution in [2.45, 2.75) is 22.0 Å². The fourth-order valence-corrected chi connectivity index (χ4v) is 5.39. The van der Waals surface area contributed by atoms with Crippen LogP contribution < -0.4 is 4.31 Å². The molecule has 0 atom stereocenters. The Kier molecular flexibility index (Phi) is 5.19. The van der Waals surface area contributed by atoms with E-state index in [1.165, 1.54) is 37.5 Å². The smallest absolute Gasteiger partial charge is 0.269 e.